The average Bonchev–Trinajstić information content (AvgIpc) is 3.22. The zero-order valence-electron chi connectivity index (χ0n) is 14.9. The van der Waals surface area contributed by atoms with Crippen LogP contribution in [0.25, 0.3) is 17.4 Å². The highest BCUT2D eigenvalue weighted by atomic mass is 32.2. The second-order valence-electron chi connectivity index (χ2n) is 6.06. The largest absolute Gasteiger partial charge is 0.480 e. The quantitative estimate of drug-likeness (QED) is 0.518. The summed E-state index contributed by atoms with van der Waals surface area (Å²) in [5.41, 5.74) is -0.955. The van der Waals surface area contributed by atoms with E-state index >= 15 is 0 Å². The molecule has 1 N–H and O–H groups in total. The Bertz CT molecular complexity index is 1010. The van der Waals surface area contributed by atoms with Crippen molar-refractivity contribution in [2.45, 2.75) is 25.6 Å². The predicted molar refractivity (Wildman–Crippen MR) is 106 cm³/mol. The van der Waals surface area contributed by atoms with Crippen molar-refractivity contribution in [3.63, 3.8) is 0 Å². The van der Waals surface area contributed by atoms with Gasteiger partial charge in [-0.15, -0.1) is 0 Å². The van der Waals surface area contributed by atoms with Crippen molar-refractivity contribution in [2.75, 3.05) is 0 Å². The summed E-state index contributed by atoms with van der Waals surface area (Å²) in [4.78, 5) is 25.1. The van der Waals surface area contributed by atoms with Crippen molar-refractivity contribution in [3.05, 3.63) is 52.6 Å². The Morgan fingerprint density at radius 3 is 2.62 bits per heavy atom. The van der Waals surface area contributed by atoms with E-state index in [9.17, 15) is 27.9 Å². The Hall–Kier alpha value is -2.59. The number of halogens is 3. The SMILES string of the molecule is CC[C@@H](C(=O)O)N1C(=O)/C(=C\c2ccc(-c3ccccc3C(F)(F)F)o2)SC1=S. The molecule has 0 saturated carbocycles. The van der Waals surface area contributed by atoms with Crippen LogP contribution in [0.2, 0.25) is 0 Å². The summed E-state index contributed by atoms with van der Waals surface area (Å²) in [6.45, 7) is 1.62. The first-order chi connectivity index (χ1) is 13.6. The molecule has 1 saturated heterocycles. The van der Waals surface area contributed by atoms with Gasteiger partial charge in [0.25, 0.3) is 5.91 Å². The van der Waals surface area contributed by atoms with Crippen molar-refractivity contribution in [2.24, 2.45) is 0 Å². The van der Waals surface area contributed by atoms with Crippen LogP contribution in [0.15, 0.2) is 45.7 Å². The van der Waals surface area contributed by atoms with Crippen LogP contribution in [0, 0.1) is 0 Å². The van der Waals surface area contributed by atoms with Gasteiger partial charge in [0.2, 0.25) is 0 Å². The lowest BCUT2D eigenvalue weighted by Gasteiger charge is -2.21. The third kappa shape index (κ3) is 4.23. The van der Waals surface area contributed by atoms with Gasteiger partial charge in [0, 0.05) is 11.6 Å². The Morgan fingerprint density at radius 2 is 2.00 bits per heavy atom. The summed E-state index contributed by atoms with van der Waals surface area (Å²) >= 11 is 6.04. The third-order valence-corrected chi connectivity index (χ3v) is 5.54. The molecule has 1 aliphatic rings. The van der Waals surface area contributed by atoms with Crippen LogP contribution < -0.4 is 0 Å². The monoisotopic (exact) mass is 441 g/mol. The molecule has 5 nitrogen and oxygen atoms in total. The minimum atomic E-state index is -4.54. The molecule has 1 atom stereocenters. The number of nitrogens with zero attached hydrogens (tertiary/aromatic N) is 1. The number of carboxylic acid groups (broad SMARTS) is 1. The minimum Gasteiger partial charge on any atom is -0.480 e. The number of alkyl halides is 3. The first-order valence-corrected chi connectivity index (χ1v) is 9.62. The fourth-order valence-corrected chi connectivity index (χ4v) is 4.20. The van der Waals surface area contributed by atoms with E-state index in [0.29, 0.717) is 0 Å². The van der Waals surface area contributed by atoms with Crippen LogP contribution in [0.3, 0.4) is 0 Å². The third-order valence-electron chi connectivity index (χ3n) is 4.21. The van der Waals surface area contributed by atoms with Crippen LogP contribution in [-0.2, 0) is 15.8 Å². The smallest absolute Gasteiger partial charge is 0.417 e. The van der Waals surface area contributed by atoms with Crippen molar-refractivity contribution in [1.82, 2.24) is 4.90 Å². The first kappa shape index (κ1) is 21.1. The van der Waals surface area contributed by atoms with Crippen LogP contribution in [0.1, 0.15) is 24.7 Å². The standard InChI is InChI=1S/C19H14F3NO4S2/c1-2-13(17(25)26)23-16(24)15(29-18(23)28)9-10-7-8-14(27-10)11-5-3-4-6-12(11)19(20,21)22/h3-9,13H,2H2,1H3,(H,25,26)/b15-9+/t13-/m0/s1. The second-order valence-corrected chi connectivity index (χ2v) is 7.74. The first-order valence-electron chi connectivity index (χ1n) is 8.39. The molecule has 2 aromatic rings. The lowest BCUT2D eigenvalue weighted by atomic mass is 10.1. The number of thioether (sulfide) groups is 1. The van der Waals surface area contributed by atoms with E-state index < -0.39 is 29.7 Å². The van der Waals surface area contributed by atoms with Crippen LogP contribution in [0.4, 0.5) is 13.2 Å². The van der Waals surface area contributed by atoms with Crippen molar-refractivity contribution in [1.29, 1.82) is 0 Å². The zero-order chi connectivity index (χ0) is 21.3. The Balaban J connectivity index is 1.91. The van der Waals surface area contributed by atoms with Gasteiger partial charge in [0.05, 0.1) is 10.5 Å². The number of furan rings is 1. The summed E-state index contributed by atoms with van der Waals surface area (Å²) in [7, 11) is 0. The summed E-state index contributed by atoms with van der Waals surface area (Å²) < 4.78 is 45.2. The van der Waals surface area contributed by atoms with Gasteiger partial charge in [-0.2, -0.15) is 13.2 Å². The van der Waals surface area contributed by atoms with E-state index in [1.807, 2.05) is 0 Å². The summed E-state index contributed by atoms with van der Waals surface area (Å²) in [6.07, 6.45) is -3.03. The highest BCUT2D eigenvalue weighted by Gasteiger charge is 2.40. The number of hydrogen-bond donors (Lipinski definition) is 1. The highest BCUT2D eigenvalue weighted by molar-refractivity contribution is 8.26. The van der Waals surface area contributed by atoms with E-state index in [1.54, 1.807) is 6.92 Å². The van der Waals surface area contributed by atoms with E-state index in [4.69, 9.17) is 16.6 Å². The second kappa shape index (κ2) is 8.03. The molecule has 1 aromatic heterocycles. The number of carboxylic acids is 1. The zero-order valence-corrected chi connectivity index (χ0v) is 16.5. The maximum atomic E-state index is 13.2. The van der Waals surface area contributed by atoms with Crippen molar-refractivity contribution < 1.29 is 32.3 Å². The predicted octanol–water partition coefficient (Wildman–Crippen LogP) is 5.03. The number of aliphatic carboxylic acids is 1. The summed E-state index contributed by atoms with van der Waals surface area (Å²) in [5.74, 6) is -1.60. The minimum absolute atomic E-state index is 0.00313. The van der Waals surface area contributed by atoms with Crippen LogP contribution >= 0.6 is 24.0 Å². The van der Waals surface area contributed by atoms with Crippen LogP contribution in [-0.4, -0.2) is 32.2 Å². The van der Waals surface area contributed by atoms with Crippen LogP contribution in [0.5, 0.6) is 0 Å². The van der Waals surface area contributed by atoms with Gasteiger partial charge < -0.3 is 9.52 Å². The molecule has 29 heavy (non-hydrogen) atoms. The number of hydrogen-bond acceptors (Lipinski definition) is 5. The normalized spacial score (nSPS) is 17.2. The molecule has 0 aliphatic carbocycles. The molecule has 10 heteroatoms. The molecule has 1 fully saturated rings. The number of amides is 1. The molecule has 0 spiro atoms. The van der Waals surface area contributed by atoms with Gasteiger partial charge in [0.15, 0.2) is 0 Å². The summed E-state index contributed by atoms with van der Waals surface area (Å²) in [5, 5.41) is 9.27. The van der Waals surface area contributed by atoms with Crippen molar-refractivity contribution >= 4 is 46.3 Å². The number of benzene rings is 1. The fourth-order valence-electron chi connectivity index (χ4n) is 2.87. The van der Waals surface area contributed by atoms with E-state index in [2.05, 4.69) is 0 Å². The van der Waals surface area contributed by atoms with Gasteiger partial charge in [-0.25, -0.2) is 4.79 Å². The molecule has 1 amide bonds. The molecule has 3 rings (SSSR count). The highest BCUT2D eigenvalue weighted by Crippen LogP contribution is 2.39. The van der Waals surface area contributed by atoms with E-state index in [-0.39, 0.29) is 32.7 Å². The van der Waals surface area contributed by atoms with E-state index in [1.165, 1.54) is 36.4 Å². The molecule has 152 valence electrons. The molecule has 2 heterocycles. The molecule has 1 aliphatic heterocycles. The number of carbonyl (C=O) groups is 2. The maximum Gasteiger partial charge on any atom is 0.417 e. The van der Waals surface area contributed by atoms with Gasteiger partial charge in [0.1, 0.15) is 21.9 Å². The average molecular weight is 441 g/mol. The topological polar surface area (TPSA) is 70.8 Å². The molecular weight excluding hydrogens is 427 g/mol. The maximum absolute atomic E-state index is 13.2. The van der Waals surface area contributed by atoms with Gasteiger partial charge in [-0.05, 0) is 24.6 Å². The van der Waals surface area contributed by atoms with E-state index in [0.717, 1.165) is 22.7 Å². The Labute approximate surface area is 173 Å². The molecule has 0 unspecified atom stereocenters. The number of thiocarbonyl (C=S) groups is 1. The fraction of sp³-hybridized carbons (Fsp3) is 0.211. The van der Waals surface area contributed by atoms with Crippen molar-refractivity contribution in [3.8, 4) is 11.3 Å². The Morgan fingerprint density at radius 1 is 1.31 bits per heavy atom. The number of rotatable bonds is 5. The molecule has 1 aromatic carbocycles. The van der Waals surface area contributed by atoms with Gasteiger partial charge in [-0.1, -0.05) is 49.1 Å². The number of carbonyl (C=O) groups excluding carboxylic acids is 1. The lowest BCUT2D eigenvalue weighted by Crippen LogP contribution is -2.43. The lowest BCUT2D eigenvalue weighted by molar-refractivity contribution is -0.145. The molecular formula is C19H14F3NO4S2. The molecule has 0 radical (unpaired) electrons. The Kier molecular flexibility index (Phi) is 5.85. The van der Waals surface area contributed by atoms with Gasteiger partial charge >= 0.3 is 12.1 Å². The van der Waals surface area contributed by atoms with Gasteiger partial charge in [-0.3, -0.25) is 9.69 Å². The molecule has 0 bridgehead atoms. The summed E-state index contributed by atoms with van der Waals surface area (Å²) in [6, 6.07) is 6.73.